The van der Waals surface area contributed by atoms with Crippen LogP contribution in [-0.4, -0.2) is 12.2 Å². The van der Waals surface area contributed by atoms with E-state index in [2.05, 4.69) is 166 Å². The van der Waals surface area contributed by atoms with E-state index in [0.29, 0.717) is 12.8 Å². The van der Waals surface area contributed by atoms with Gasteiger partial charge in [0.2, 0.25) is 0 Å². The molecule has 226 valence electrons. The molecule has 0 spiro atoms. The molecule has 48 heavy (non-hydrogen) atoms. The third-order valence-electron chi connectivity index (χ3n) is 9.99. The van der Waals surface area contributed by atoms with Gasteiger partial charge in [-0.25, -0.2) is 6.57 Å². The minimum Gasteiger partial charge on any atom is -0.324 e. The number of nitriles is 1. The van der Waals surface area contributed by atoms with Gasteiger partial charge in [-0.2, -0.15) is 5.26 Å². The number of anilines is 4. The number of rotatable bonds is 4. The van der Waals surface area contributed by atoms with Crippen LogP contribution in [0.15, 0.2) is 146 Å². The molecule has 0 N–H and O–H groups in total. The molecule has 0 fully saturated rings. The molecule has 0 radical (unpaired) electrons. The number of benzene rings is 7. The number of para-hydroxylation sites is 2. The Morgan fingerprint density at radius 1 is 0.542 bits per heavy atom. The quantitative estimate of drug-likeness (QED) is 0.146. The van der Waals surface area contributed by atoms with Crippen molar-refractivity contribution in [3.8, 4) is 28.3 Å². The molecule has 7 aromatic rings. The fourth-order valence-corrected chi connectivity index (χ4v) is 7.93. The summed E-state index contributed by atoms with van der Waals surface area (Å²) in [6.45, 7) is 8.07. The lowest BCUT2D eigenvalue weighted by Crippen LogP contribution is -2.25. The van der Waals surface area contributed by atoms with Crippen LogP contribution in [0.3, 0.4) is 0 Å². The maximum Gasteiger partial charge on any atom is 0.306 e. The molecule has 9 rings (SSSR count). The molecule has 2 aliphatic heterocycles. The van der Waals surface area contributed by atoms with E-state index in [-0.39, 0.29) is 12.2 Å². The molecule has 2 aliphatic rings. The van der Waals surface area contributed by atoms with Crippen LogP contribution in [0.25, 0.3) is 48.6 Å². The van der Waals surface area contributed by atoms with E-state index in [1.165, 1.54) is 22.3 Å². The first kappa shape index (κ1) is 27.9. The van der Waals surface area contributed by atoms with E-state index in [4.69, 9.17) is 6.57 Å². The first-order valence-corrected chi connectivity index (χ1v) is 16.4. The van der Waals surface area contributed by atoms with Crippen LogP contribution in [0.5, 0.6) is 0 Å². The molecule has 0 saturated carbocycles. The van der Waals surface area contributed by atoms with Gasteiger partial charge in [-0.1, -0.05) is 109 Å². The summed E-state index contributed by atoms with van der Waals surface area (Å²) < 4.78 is 0. The third-order valence-corrected chi connectivity index (χ3v) is 9.99. The SMILES string of the molecule is [C-]#[N+]C1Cc2ccccc2N1c1ccc2c(-c3ccccc3)c3cc(N4c5ccccc5CC4C#N)ccc3c(-c3ccccc3)c2c1. The van der Waals surface area contributed by atoms with Gasteiger partial charge in [0.25, 0.3) is 0 Å². The Kier molecular flexibility index (Phi) is 6.49. The standard InChI is InChI=1S/C44H30N4/c1-46-42-25-32-17-9-11-19-41(32)48(42)34-21-23-37-39(27-34)44(30-14-6-3-7-15-30)36-22-20-33(26-38(36)43(37)29-12-4-2-5-13-29)47-35(28-45)24-31-16-8-10-18-40(31)47/h2-23,26-27,35,42H,24-25H2. The topological polar surface area (TPSA) is 34.6 Å². The summed E-state index contributed by atoms with van der Waals surface area (Å²) in [5.41, 5.74) is 11.2. The second-order valence-corrected chi connectivity index (χ2v) is 12.6. The maximum absolute atomic E-state index is 10.2. The zero-order valence-corrected chi connectivity index (χ0v) is 26.2. The summed E-state index contributed by atoms with van der Waals surface area (Å²) in [6, 6.07) is 53.7. The molecule has 2 atom stereocenters. The van der Waals surface area contributed by atoms with E-state index >= 15 is 0 Å². The lowest BCUT2D eigenvalue weighted by molar-refractivity contribution is 0.829. The maximum atomic E-state index is 10.2. The molecule has 0 bridgehead atoms. The summed E-state index contributed by atoms with van der Waals surface area (Å²) in [4.78, 5) is 8.47. The lowest BCUT2D eigenvalue weighted by Gasteiger charge is -2.26. The van der Waals surface area contributed by atoms with Crippen molar-refractivity contribution in [1.29, 1.82) is 5.26 Å². The van der Waals surface area contributed by atoms with E-state index < -0.39 is 0 Å². The third kappa shape index (κ3) is 4.28. The van der Waals surface area contributed by atoms with Crippen LogP contribution >= 0.6 is 0 Å². The first-order valence-electron chi connectivity index (χ1n) is 16.4. The van der Waals surface area contributed by atoms with Gasteiger partial charge in [-0.15, -0.1) is 0 Å². The van der Waals surface area contributed by atoms with Crippen LogP contribution in [0.2, 0.25) is 0 Å². The number of hydrogen-bond donors (Lipinski definition) is 0. The number of fused-ring (bicyclic) bond motifs is 4. The van der Waals surface area contributed by atoms with Crippen molar-refractivity contribution in [2.75, 3.05) is 9.80 Å². The van der Waals surface area contributed by atoms with Crippen molar-refractivity contribution in [1.82, 2.24) is 0 Å². The van der Waals surface area contributed by atoms with E-state index in [1.807, 2.05) is 0 Å². The predicted molar refractivity (Wildman–Crippen MR) is 197 cm³/mol. The zero-order chi connectivity index (χ0) is 32.2. The molecule has 2 heterocycles. The Balaban J connectivity index is 1.36. The predicted octanol–water partition coefficient (Wildman–Crippen LogP) is 10.9. The van der Waals surface area contributed by atoms with Gasteiger partial charge in [0, 0.05) is 23.5 Å². The van der Waals surface area contributed by atoms with Crippen molar-refractivity contribution < 1.29 is 0 Å². The number of hydrogen-bond acceptors (Lipinski definition) is 3. The average molecular weight is 615 g/mol. The lowest BCUT2D eigenvalue weighted by atomic mass is 9.85. The smallest absolute Gasteiger partial charge is 0.306 e. The zero-order valence-electron chi connectivity index (χ0n) is 26.2. The Hall–Kier alpha value is -6.36. The molecular formula is C44H30N4. The van der Waals surface area contributed by atoms with E-state index in [9.17, 15) is 5.26 Å². The first-order chi connectivity index (χ1) is 23.7. The van der Waals surface area contributed by atoms with Gasteiger partial charge >= 0.3 is 6.17 Å². The van der Waals surface area contributed by atoms with Gasteiger partial charge in [-0.3, -0.25) is 9.74 Å². The molecule has 4 heteroatoms. The van der Waals surface area contributed by atoms with Crippen molar-refractivity contribution in [3.63, 3.8) is 0 Å². The summed E-state index contributed by atoms with van der Waals surface area (Å²) in [5.74, 6) is 0. The minimum absolute atomic E-state index is 0.268. The van der Waals surface area contributed by atoms with E-state index in [1.54, 1.807) is 0 Å². The number of nitrogens with zero attached hydrogens (tertiary/aromatic N) is 4. The molecule has 0 saturated heterocycles. The van der Waals surface area contributed by atoms with Crippen molar-refractivity contribution >= 4 is 44.3 Å². The monoisotopic (exact) mass is 614 g/mol. The van der Waals surface area contributed by atoms with Gasteiger partial charge in [0.15, 0.2) is 0 Å². The Morgan fingerprint density at radius 3 is 1.56 bits per heavy atom. The molecular weight excluding hydrogens is 585 g/mol. The average Bonchev–Trinajstić information content (AvgIpc) is 3.72. The Morgan fingerprint density at radius 2 is 1.02 bits per heavy atom. The summed E-state index contributed by atoms with van der Waals surface area (Å²) in [7, 11) is 0. The van der Waals surface area contributed by atoms with Gasteiger partial charge in [0.05, 0.1) is 18.2 Å². The second-order valence-electron chi connectivity index (χ2n) is 12.6. The normalized spacial score (nSPS) is 16.5. The Labute approximate surface area is 280 Å². The van der Waals surface area contributed by atoms with Crippen LogP contribution in [0, 0.1) is 17.9 Å². The highest BCUT2D eigenvalue weighted by Crippen LogP contribution is 2.48. The van der Waals surface area contributed by atoms with Crippen LogP contribution < -0.4 is 9.80 Å². The van der Waals surface area contributed by atoms with E-state index in [0.717, 1.165) is 55.4 Å². The Bertz CT molecular complexity index is 2280. The van der Waals surface area contributed by atoms with Gasteiger partial charge < -0.3 is 4.90 Å². The van der Waals surface area contributed by atoms with Crippen LogP contribution in [0.1, 0.15) is 11.1 Å². The van der Waals surface area contributed by atoms with Crippen molar-refractivity contribution in [2.45, 2.75) is 25.0 Å². The minimum atomic E-state index is -0.284. The van der Waals surface area contributed by atoms with Gasteiger partial charge in [0.1, 0.15) is 6.04 Å². The summed E-state index contributed by atoms with van der Waals surface area (Å²) >= 11 is 0. The molecule has 4 nitrogen and oxygen atoms in total. The fraction of sp³-hybridized carbons (Fsp3) is 0.0909. The van der Waals surface area contributed by atoms with Crippen LogP contribution in [0.4, 0.5) is 22.7 Å². The molecule has 0 aromatic heterocycles. The fourth-order valence-electron chi connectivity index (χ4n) is 7.93. The molecule has 2 unspecified atom stereocenters. The summed E-state index contributed by atoms with van der Waals surface area (Å²) in [6.07, 6.45) is 1.13. The van der Waals surface area contributed by atoms with Crippen molar-refractivity contribution in [3.05, 3.63) is 168 Å². The largest absolute Gasteiger partial charge is 0.324 e. The molecule has 0 aliphatic carbocycles. The highest BCUT2D eigenvalue weighted by atomic mass is 15.3. The molecule has 7 aromatic carbocycles. The van der Waals surface area contributed by atoms with Gasteiger partial charge in [-0.05, 0) is 91.3 Å². The highest BCUT2D eigenvalue weighted by molar-refractivity contribution is 6.22. The molecule has 0 amide bonds. The van der Waals surface area contributed by atoms with Crippen molar-refractivity contribution in [2.24, 2.45) is 0 Å². The second kappa shape index (κ2) is 11.2. The summed E-state index contributed by atoms with van der Waals surface area (Å²) in [5, 5.41) is 14.8. The van der Waals surface area contributed by atoms with Crippen LogP contribution in [-0.2, 0) is 12.8 Å². The highest BCUT2D eigenvalue weighted by Gasteiger charge is 2.35.